The summed E-state index contributed by atoms with van der Waals surface area (Å²) in [5.74, 6) is 1.76. The molecular weight excluding hydrogens is 328 g/mol. The molecule has 1 heterocycles. The van der Waals surface area contributed by atoms with E-state index in [4.69, 9.17) is 9.47 Å². The maximum Gasteiger partial charge on any atom is 0.228 e. The monoisotopic (exact) mass is 354 g/mol. The minimum Gasteiger partial charge on any atom is -0.497 e. The van der Waals surface area contributed by atoms with Crippen LogP contribution in [0.5, 0.6) is 11.5 Å². The Labute approximate surface area is 155 Å². The third-order valence-corrected chi connectivity index (χ3v) is 4.83. The Morgan fingerprint density at radius 1 is 1.15 bits per heavy atom. The normalized spacial score (nSPS) is 13.0. The molecule has 0 radical (unpaired) electrons. The molecule has 0 unspecified atom stereocenters. The highest BCUT2D eigenvalue weighted by atomic mass is 16.5. The molecule has 26 heavy (non-hydrogen) atoms. The second kappa shape index (κ2) is 8.23. The van der Waals surface area contributed by atoms with Gasteiger partial charge in [-0.25, -0.2) is 0 Å². The quantitative estimate of drug-likeness (QED) is 0.766. The van der Waals surface area contributed by atoms with Crippen LogP contribution in [0.4, 0.5) is 5.69 Å². The number of rotatable bonds is 7. The number of anilines is 1. The molecule has 0 aliphatic carbocycles. The lowest BCUT2D eigenvalue weighted by Gasteiger charge is -2.21. The number of hydrogen-bond donors (Lipinski definition) is 0. The molecule has 2 aromatic carbocycles. The maximum absolute atomic E-state index is 12.6. The summed E-state index contributed by atoms with van der Waals surface area (Å²) in [6.07, 6.45) is 1.45. The van der Waals surface area contributed by atoms with E-state index < -0.39 is 0 Å². The van der Waals surface area contributed by atoms with Gasteiger partial charge >= 0.3 is 0 Å². The van der Waals surface area contributed by atoms with Crippen LogP contribution in [-0.4, -0.2) is 45.2 Å². The van der Waals surface area contributed by atoms with Gasteiger partial charge in [-0.2, -0.15) is 0 Å². The van der Waals surface area contributed by atoms with E-state index in [-0.39, 0.29) is 5.91 Å². The smallest absolute Gasteiger partial charge is 0.228 e. The fourth-order valence-electron chi connectivity index (χ4n) is 3.37. The number of nitrogens with zero attached hydrogens (tertiary/aromatic N) is 2. The van der Waals surface area contributed by atoms with Gasteiger partial charge in [0, 0.05) is 43.4 Å². The van der Waals surface area contributed by atoms with Crippen LogP contribution >= 0.6 is 0 Å². The van der Waals surface area contributed by atoms with Crippen LogP contribution in [0.25, 0.3) is 0 Å². The molecule has 1 aliphatic heterocycles. The van der Waals surface area contributed by atoms with Gasteiger partial charge in [-0.3, -0.25) is 4.79 Å². The molecule has 5 heteroatoms. The van der Waals surface area contributed by atoms with Crippen molar-refractivity contribution in [1.29, 1.82) is 0 Å². The zero-order chi connectivity index (χ0) is 18.5. The Hall–Kier alpha value is -2.53. The number of hydrogen-bond acceptors (Lipinski definition) is 4. The number of carbonyl (C=O) groups is 1. The van der Waals surface area contributed by atoms with Gasteiger partial charge in [-0.05, 0) is 31.2 Å². The van der Waals surface area contributed by atoms with Crippen LogP contribution in [0.3, 0.4) is 0 Å². The Morgan fingerprint density at radius 3 is 2.73 bits per heavy atom. The van der Waals surface area contributed by atoms with Gasteiger partial charge in [0.15, 0.2) is 0 Å². The molecule has 5 nitrogen and oxygen atoms in total. The largest absolute Gasteiger partial charge is 0.497 e. The molecule has 138 valence electrons. The van der Waals surface area contributed by atoms with E-state index in [1.54, 1.807) is 14.2 Å². The number of amides is 1. The highest BCUT2D eigenvalue weighted by Gasteiger charge is 2.23. The fraction of sp³-hybridized carbons (Fsp3) is 0.381. The van der Waals surface area contributed by atoms with Crippen molar-refractivity contribution in [2.24, 2.45) is 0 Å². The summed E-state index contributed by atoms with van der Waals surface area (Å²) in [7, 11) is 5.32. The number of para-hydroxylation sites is 1. The molecule has 3 rings (SSSR count). The van der Waals surface area contributed by atoms with Crippen LogP contribution in [0.1, 0.15) is 17.5 Å². The molecule has 0 saturated heterocycles. The van der Waals surface area contributed by atoms with E-state index in [0.717, 1.165) is 42.3 Å². The highest BCUT2D eigenvalue weighted by Crippen LogP contribution is 2.28. The van der Waals surface area contributed by atoms with E-state index in [2.05, 4.69) is 11.0 Å². The number of carbonyl (C=O) groups excluding carboxylic acids is 1. The first kappa shape index (κ1) is 18.3. The van der Waals surface area contributed by atoms with Crippen molar-refractivity contribution in [3.8, 4) is 11.5 Å². The van der Waals surface area contributed by atoms with Gasteiger partial charge in [-0.1, -0.05) is 24.3 Å². The first-order chi connectivity index (χ1) is 12.6. The average Bonchev–Trinajstić information content (AvgIpc) is 3.10. The van der Waals surface area contributed by atoms with Gasteiger partial charge in [-0.15, -0.1) is 0 Å². The number of ether oxygens (including phenoxy) is 2. The van der Waals surface area contributed by atoms with Crippen molar-refractivity contribution in [1.82, 2.24) is 4.90 Å². The summed E-state index contributed by atoms with van der Waals surface area (Å²) in [6, 6.07) is 14.0. The van der Waals surface area contributed by atoms with Crippen molar-refractivity contribution in [2.75, 3.05) is 39.3 Å². The minimum absolute atomic E-state index is 0.184. The van der Waals surface area contributed by atoms with Crippen LogP contribution in [0.2, 0.25) is 0 Å². The predicted molar refractivity (Wildman–Crippen MR) is 103 cm³/mol. The summed E-state index contributed by atoms with van der Waals surface area (Å²) >= 11 is 0. The summed E-state index contributed by atoms with van der Waals surface area (Å²) in [6.45, 7) is 2.21. The van der Waals surface area contributed by atoms with Gasteiger partial charge in [0.05, 0.1) is 14.2 Å². The minimum atomic E-state index is 0.184. The van der Waals surface area contributed by atoms with Crippen molar-refractivity contribution < 1.29 is 14.3 Å². The average molecular weight is 354 g/mol. The standard InChI is InChI=1S/C21H26N2O3/c1-22(15-17-8-9-18(25-2)14-20(17)26-3)12-11-21(24)23-13-10-16-6-4-5-7-19(16)23/h4-9,14H,10-13,15H2,1-3H3. The molecular formula is C21H26N2O3. The molecule has 1 amide bonds. The van der Waals surface area contributed by atoms with Gasteiger partial charge in [0.1, 0.15) is 11.5 Å². The van der Waals surface area contributed by atoms with Crippen molar-refractivity contribution in [3.63, 3.8) is 0 Å². The molecule has 0 N–H and O–H groups in total. The van der Waals surface area contributed by atoms with E-state index in [9.17, 15) is 4.79 Å². The van der Waals surface area contributed by atoms with Gasteiger partial charge in [0.25, 0.3) is 0 Å². The van der Waals surface area contributed by atoms with E-state index in [0.29, 0.717) is 13.0 Å². The second-order valence-electron chi connectivity index (χ2n) is 6.59. The van der Waals surface area contributed by atoms with E-state index in [1.807, 2.05) is 48.3 Å². The summed E-state index contributed by atoms with van der Waals surface area (Å²) < 4.78 is 10.7. The first-order valence-corrected chi connectivity index (χ1v) is 8.90. The fourth-order valence-corrected chi connectivity index (χ4v) is 3.37. The number of fused-ring (bicyclic) bond motifs is 1. The lowest BCUT2D eigenvalue weighted by atomic mass is 10.1. The van der Waals surface area contributed by atoms with Crippen molar-refractivity contribution >= 4 is 11.6 Å². The second-order valence-corrected chi connectivity index (χ2v) is 6.59. The molecule has 0 saturated carbocycles. The molecule has 0 bridgehead atoms. The Kier molecular flexibility index (Phi) is 5.78. The summed E-state index contributed by atoms with van der Waals surface area (Å²) in [5, 5.41) is 0. The third kappa shape index (κ3) is 3.99. The SMILES string of the molecule is COc1ccc(CN(C)CCC(=O)N2CCc3ccccc32)c(OC)c1. The lowest BCUT2D eigenvalue weighted by Crippen LogP contribution is -2.32. The van der Waals surface area contributed by atoms with Gasteiger partial charge in [0.2, 0.25) is 5.91 Å². The molecule has 1 aliphatic rings. The van der Waals surface area contributed by atoms with E-state index >= 15 is 0 Å². The van der Waals surface area contributed by atoms with Crippen molar-refractivity contribution in [3.05, 3.63) is 53.6 Å². The Bertz CT molecular complexity index is 776. The van der Waals surface area contributed by atoms with E-state index in [1.165, 1.54) is 5.56 Å². The molecule has 0 atom stereocenters. The summed E-state index contributed by atoms with van der Waals surface area (Å²) in [4.78, 5) is 16.7. The molecule has 0 fully saturated rings. The molecule has 0 aromatic heterocycles. The topological polar surface area (TPSA) is 42.0 Å². The van der Waals surface area contributed by atoms with Crippen LogP contribution in [0.15, 0.2) is 42.5 Å². The zero-order valence-electron chi connectivity index (χ0n) is 15.7. The molecule has 0 spiro atoms. The van der Waals surface area contributed by atoms with Crippen LogP contribution < -0.4 is 14.4 Å². The summed E-state index contributed by atoms with van der Waals surface area (Å²) in [5.41, 5.74) is 3.41. The van der Waals surface area contributed by atoms with Crippen molar-refractivity contribution in [2.45, 2.75) is 19.4 Å². The maximum atomic E-state index is 12.6. The predicted octanol–water partition coefficient (Wildman–Crippen LogP) is 3.12. The third-order valence-electron chi connectivity index (χ3n) is 4.83. The molecule has 2 aromatic rings. The Balaban J connectivity index is 1.56. The Morgan fingerprint density at radius 2 is 1.96 bits per heavy atom. The van der Waals surface area contributed by atoms with Crippen LogP contribution in [-0.2, 0) is 17.8 Å². The highest BCUT2D eigenvalue weighted by molar-refractivity contribution is 5.95. The van der Waals surface area contributed by atoms with Crippen LogP contribution in [0, 0.1) is 0 Å². The zero-order valence-corrected chi connectivity index (χ0v) is 15.7. The first-order valence-electron chi connectivity index (χ1n) is 8.90. The number of benzene rings is 2. The van der Waals surface area contributed by atoms with Gasteiger partial charge < -0.3 is 19.3 Å². The number of methoxy groups -OCH3 is 2. The lowest BCUT2D eigenvalue weighted by molar-refractivity contribution is -0.118.